The Balaban J connectivity index is 1.86. The molecule has 1 aliphatic heterocycles. The molecule has 1 aromatic heterocycles. The Morgan fingerprint density at radius 2 is 1.96 bits per heavy atom. The van der Waals surface area contributed by atoms with Gasteiger partial charge in [0.15, 0.2) is 0 Å². The Labute approximate surface area is 145 Å². The van der Waals surface area contributed by atoms with Crippen molar-refractivity contribution < 1.29 is 14.3 Å². The summed E-state index contributed by atoms with van der Waals surface area (Å²) >= 11 is 1.25. The molecule has 3 rings (SSSR count). The fourth-order valence-electron chi connectivity index (χ4n) is 3.12. The van der Waals surface area contributed by atoms with Gasteiger partial charge in [0.25, 0.3) is 5.91 Å². The van der Waals surface area contributed by atoms with Crippen molar-refractivity contribution in [1.82, 2.24) is 4.90 Å². The van der Waals surface area contributed by atoms with Gasteiger partial charge < -0.3 is 15.4 Å². The van der Waals surface area contributed by atoms with Gasteiger partial charge in [-0.3, -0.25) is 9.59 Å². The van der Waals surface area contributed by atoms with Crippen molar-refractivity contribution in [2.45, 2.75) is 32.0 Å². The second kappa shape index (κ2) is 6.75. The molecular weight excluding hydrogens is 324 g/mol. The van der Waals surface area contributed by atoms with E-state index in [0.717, 1.165) is 5.56 Å². The molecule has 3 atom stereocenters. The van der Waals surface area contributed by atoms with Crippen LogP contribution in [0.15, 0.2) is 41.8 Å². The minimum atomic E-state index is -0.518. The van der Waals surface area contributed by atoms with Crippen LogP contribution in [0.25, 0.3) is 0 Å². The Morgan fingerprint density at radius 1 is 1.25 bits per heavy atom. The molecule has 6 heteroatoms. The third-order valence-corrected chi connectivity index (χ3v) is 5.24. The highest BCUT2D eigenvalue weighted by atomic mass is 32.1. The summed E-state index contributed by atoms with van der Waals surface area (Å²) in [5, 5.41) is 1.63. The van der Waals surface area contributed by atoms with Gasteiger partial charge in [-0.2, -0.15) is 0 Å². The second-order valence-electron chi connectivity index (χ2n) is 6.03. The highest BCUT2D eigenvalue weighted by Crippen LogP contribution is 2.32. The van der Waals surface area contributed by atoms with E-state index in [1.165, 1.54) is 11.3 Å². The normalized spacial score (nSPS) is 23.9. The zero-order valence-electron chi connectivity index (χ0n) is 13.6. The molecule has 24 heavy (non-hydrogen) atoms. The molecule has 2 N–H and O–H groups in total. The lowest BCUT2D eigenvalue weighted by Crippen LogP contribution is -2.53. The topological polar surface area (TPSA) is 72.6 Å². The summed E-state index contributed by atoms with van der Waals surface area (Å²) in [6.45, 7) is 4.44. The minimum absolute atomic E-state index is 0.0356. The quantitative estimate of drug-likeness (QED) is 0.930. The van der Waals surface area contributed by atoms with Gasteiger partial charge in [0, 0.05) is 5.38 Å². The van der Waals surface area contributed by atoms with E-state index in [2.05, 4.69) is 0 Å². The summed E-state index contributed by atoms with van der Waals surface area (Å²) in [5.74, 6) is -0.604. The van der Waals surface area contributed by atoms with Crippen LogP contribution in [-0.2, 0) is 4.74 Å². The molecule has 1 aromatic carbocycles. The Hall–Kier alpha value is -2.18. The van der Waals surface area contributed by atoms with E-state index in [4.69, 9.17) is 10.5 Å². The standard InChI is InChI=1S/C18H20N2O3S/c1-11-9-23-16(13-6-4-3-5-7-13)12(2)20(11)18(22)15-8-14(10-24-15)17(19)21/h3-8,10-12,16H,9H2,1-2H3,(H2,19,21)/t11-,12+,16-/m1/s1. The lowest BCUT2D eigenvalue weighted by molar-refractivity contribution is -0.0804. The predicted molar refractivity (Wildman–Crippen MR) is 93.1 cm³/mol. The number of thiophene rings is 1. The smallest absolute Gasteiger partial charge is 0.264 e. The molecule has 2 aromatic rings. The third kappa shape index (κ3) is 3.07. The Kier molecular flexibility index (Phi) is 4.69. The summed E-state index contributed by atoms with van der Waals surface area (Å²) < 4.78 is 5.98. The number of morpholine rings is 1. The summed E-state index contributed by atoms with van der Waals surface area (Å²) in [7, 11) is 0. The van der Waals surface area contributed by atoms with E-state index >= 15 is 0 Å². The Morgan fingerprint density at radius 3 is 2.58 bits per heavy atom. The molecule has 126 valence electrons. The highest BCUT2D eigenvalue weighted by Gasteiger charge is 2.37. The van der Waals surface area contributed by atoms with Crippen molar-refractivity contribution in [1.29, 1.82) is 0 Å². The summed E-state index contributed by atoms with van der Waals surface area (Å²) in [6.07, 6.45) is -0.165. The van der Waals surface area contributed by atoms with Crippen molar-refractivity contribution in [3.8, 4) is 0 Å². The lowest BCUT2D eigenvalue weighted by atomic mass is 9.98. The van der Waals surface area contributed by atoms with E-state index in [0.29, 0.717) is 17.0 Å². The lowest BCUT2D eigenvalue weighted by Gasteiger charge is -2.43. The number of nitrogens with two attached hydrogens (primary N) is 1. The van der Waals surface area contributed by atoms with Crippen LogP contribution < -0.4 is 5.73 Å². The summed E-state index contributed by atoms with van der Waals surface area (Å²) in [6, 6.07) is 11.3. The first-order valence-corrected chi connectivity index (χ1v) is 8.74. The molecule has 5 nitrogen and oxygen atoms in total. The molecule has 2 heterocycles. The van der Waals surface area contributed by atoms with Gasteiger partial charge in [-0.05, 0) is 25.5 Å². The van der Waals surface area contributed by atoms with Crippen LogP contribution in [0.4, 0.5) is 0 Å². The zero-order chi connectivity index (χ0) is 17.3. The van der Waals surface area contributed by atoms with E-state index < -0.39 is 5.91 Å². The van der Waals surface area contributed by atoms with E-state index in [9.17, 15) is 9.59 Å². The van der Waals surface area contributed by atoms with Crippen LogP contribution in [0, 0.1) is 0 Å². The molecule has 1 fully saturated rings. The summed E-state index contributed by atoms with van der Waals surface area (Å²) in [4.78, 5) is 26.6. The maximum Gasteiger partial charge on any atom is 0.264 e. The number of benzene rings is 1. The number of primary amides is 1. The maximum absolute atomic E-state index is 13.0. The van der Waals surface area contributed by atoms with Gasteiger partial charge in [0.1, 0.15) is 6.10 Å². The van der Waals surface area contributed by atoms with Gasteiger partial charge >= 0.3 is 0 Å². The average Bonchev–Trinajstić information content (AvgIpc) is 3.06. The van der Waals surface area contributed by atoms with E-state index in [1.54, 1.807) is 11.4 Å². The first kappa shape index (κ1) is 16.7. The van der Waals surface area contributed by atoms with Crippen molar-refractivity contribution in [3.05, 3.63) is 57.8 Å². The highest BCUT2D eigenvalue weighted by molar-refractivity contribution is 7.12. The van der Waals surface area contributed by atoms with Crippen molar-refractivity contribution in [3.63, 3.8) is 0 Å². The van der Waals surface area contributed by atoms with E-state index in [-0.39, 0.29) is 24.1 Å². The number of hydrogen-bond acceptors (Lipinski definition) is 4. The molecule has 2 amide bonds. The number of carbonyl (C=O) groups is 2. The molecule has 1 saturated heterocycles. The van der Waals surface area contributed by atoms with Gasteiger partial charge in [-0.1, -0.05) is 30.3 Å². The molecule has 0 saturated carbocycles. The monoisotopic (exact) mass is 344 g/mol. The molecule has 1 aliphatic rings. The molecular formula is C18H20N2O3S. The third-order valence-electron chi connectivity index (χ3n) is 4.33. The average molecular weight is 344 g/mol. The number of ether oxygens (including phenoxy) is 1. The van der Waals surface area contributed by atoms with Crippen LogP contribution in [0.5, 0.6) is 0 Å². The van der Waals surface area contributed by atoms with Gasteiger partial charge in [-0.25, -0.2) is 0 Å². The second-order valence-corrected chi connectivity index (χ2v) is 6.94. The number of nitrogens with zero attached hydrogens (tertiary/aromatic N) is 1. The fourth-order valence-corrected chi connectivity index (χ4v) is 3.96. The van der Waals surface area contributed by atoms with Crippen LogP contribution in [0.1, 0.15) is 45.5 Å². The molecule has 0 aliphatic carbocycles. The molecule has 0 spiro atoms. The van der Waals surface area contributed by atoms with Gasteiger partial charge in [-0.15, -0.1) is 11.3 Å². The van der Waals surface area contributed by atoms with Crippen molar-refractivity contribution in [2.75, 3.05) is 6.61 Å². The Bertz CT molecular complexity index is 744. The first-order valence-electron chi connectivity index (χ1n) is 7.86. The van der Waals surface area contributed by atoms with Crippen LogP contribution >= 0.6 is 11.3 Å². The number of carbonyl (C=O) groups excluding carboxylic acids is 2. The zero-order valence-corrected chi connectivity index (χ0v) is 14.5. The van der Waals surface area contributed by atoms with E-state index in [1.807, 2.05) is 49.1 Å². The SMILES string of the molecule is C[C@@H]1CO[C@@H](c2ccccc2)[C@H](C)N1C(=O)c1cc(C(N)=O)cs1. The summed E-state index contributed by atoms with van der Waals surface area (Å²) in [5.41, 5.74) is 6.71. The number of rotatable bonds is 3. The molecule has 0 radical (unpaired) electrons. The van der Waals surface area contributed by atoms with Gasteiger partial charge in [0.05, 0.1) is 29.1 Å². The number of hydrogen-bond donors (Lipinski definition) is 1. The maximum atomic E-state index is 13.0. The molecule has 0 bridgehead atoms. The molecule has 0 unspecified atom stereocenters. The fraction of sp³-hybridized carbons (Fsp3) is 0.333. The minimum Gasteiger partial charge on any atom is -0.369 e. The van der Waals surface area contributed by atoms with Crippen LogP contribution in [0.2, 0.25) is 0 Å². The predicted octanol–water partition coefficient (Wildman–Crippen LogP) is 2.84. The van der Waals surface area contributed by atoms with Gasteiger partial charge in [0.2, 0.25) is 5.91 Å². The van der Waals surface area contributed by atoms with Crippen molar-refractivity contribution in [2.24, 2.45) is 5.73 Å². The number of amides is 2. The largest absolute Gasteiger partial charge is 0.369 e. The first-order chi connectivity index (χ1) is 11.5. The van der Waals surface area contributed by atoms with Crippen LogP contribution in [-0.4, -0.2) is 35.4 Å². The van der Waals surface area contributed by atoms with Crippen molar-refractivity contribution >= 4 is 23.2 Å². The van der Waals surface area contributed by atoms with Crippen LogP contribution in [0.3, 0.4) is 0 Å².